The molecule has 16 heavy (non-hydrogen) atoms. The predicted molar refractivity (Wildman–Crippen MR) is 63.6 cm³/mol. The molecule has 0 aliphatic carbocycles. The molecule has 0 bridgehead atoms. The Bertz CT molecular complexity index is 359. The fraction of sp³-hybridized carbons (Fsp3) is 0.538. The average Bonchev–Trinajstić information content (AvgIpc) is 2.31. The third-order valence-corrected chi connectivity index (χ3v) is 3.28. The first kappa shape index (κ1) is 11.2. The lowest BCUT2D eigenvalue weighted by Crippen LogP contribution is -2.32. The number of rotatable bonds is 2. The van der Waals surface area contributed by atoms with Gasteiger partial charge in [0.05, 0.1) is 7.11 Å². The molecule has 0 saturated carbocycles. The number of benzene rings is 1. The molecule has 0 aromatic heterocycles. The molecule has 0 radical (unpaired) electrons. The molecule has 0 amide bonds. The summed E-state index contributed by atoms with van der Waals surface area (Å²) in [6, 6.07) is 5.09. The molecule has 1 saturated heterocycles. The summed E-state index contributed by atoms with van der Waals surface area (Å²) in [4.78, 5) is 2.29. The SMILES string of the molecule is COc1cc(N2CCC(C)CC2)ccc1F. The Morgan fingerprint density at radius 2 is 2.00 bits per heavy atom. The van der Waals surface area contributed by atoms with Crippen LogP contribution in [0.3, 0.4) is 0 Å². The fourth-order valence-corrected chi connectivity index (χ4v) is 2.11. The highest BCUT2D eigenvalue weighted by Crippen LogP contribution is 2.27. The number of nitrogens with zero attached hydrogens (tertiary/aromatic N) is 1. The van der Waals surface area contributed by atoms with Crippen molar-refractivity contribution in [2.45, 2.75) is 19.8 Å². The van der Waals surface area contributed by atoms with E-state index in [1.54, 1.807) is 6.07 Å². The van der Waals surface area contributed by atoms with Gasteiger partial charge in [-0.25, -0.2) is 4.39 Å². The topological polar surface area (TPSA) is 12.5 Å². The van der Waals surface area contributed by atoms with Crippen molar-refractivity contribution in [2.24, 2.45) is 5.92 Å². The second kappa shape index (κ2) is 4.73. The van der Waals surface area contributed by atoms with Gasteiger partial charge in [0.25, 0.3) is 0 Å². The molecule has 88 valence electrons. The number of ether oxygens (including phenoxy) is 1. The van der Waals surface area contributed by atoms with E-state index in [0.717, 1.165) is 24.7 Å². The van der Waals surface area contributed by atoms with Gasteiger partial charge >= 0.3 is 0 Å². The lowest BCUT2D eigenvalue weighted by Gasteiger charge is -2.32. The van der Waals surface area contributed by atoms with Crippen molar-refractivity contribution in [3.63, 3.8) is 0 Å². The standard InChI is InChI=1S/C13H18FNO/c1-10-5-7-15(8-6-10)11-3-4-12(14)13(9-11)16-2/h3-4,9-10H,5-8H2,1-2H3. The van der Waals surface area contributed by atoms with Gasteiger partial charge in [-0.05, 0) is 30.9 Å². The van der Waals surface area contributed by atoms with Gasteiger partial charge in [0.15, 0.2) is 11.6 Å². The van der Waals surface area contributed by atoms with Crippen LogP contribution < -0.4 is 9.64 Å². The highest BCUT2D eigenvalue weighted by Gasteiger charge is 2.17. The largest absolute Gasteiger partial charge is 0.494 e. The summed E-state index contributed by atoms with van der Waals surface area (Å²) in [5.41, 5.74) is 1.06. The summed E-state index contributed by atoms with van der Waals surface area (Å²) in [6.07, 6.45) is 2.42. The number of halogens is 1. The Balaban J connectivity index is 2.14. The molecule has 1 aliphatic heterocycles. The molecular formula is C13H18FNO. The zero-order chi connectivity index (χ0) is 11.5. The third kappa shape index (κ3) is 2.29. The minimum Gasteiger partial charge on any atom is -0.494 e. The van der Waals surface area contributed by atoms with E-state index in [1.807, 2.05) is 6.07 Å². The highest BCUT2D eigenvalue weighted by molar-refractivity contribution is 5.51. The van der Waals surface area contributed by atoms with E-state index in [9.17, 15) is 4.39 Å². The first-order valence-corrected chi connectivity index (χ1v) is 5.79. The third-order valence-electron chi connectivity index (χ3n) is 3.28. The Morgan fingerprint density at radius 3 is 2.62 bits per heavy atom. The lowest BCUT2D eigenvalue weighted by molar-refractivity contribution is 0.385. The Morgan fingerprint density at radius 1 is 1.31 bits per heavy atom. The molecule has 3 heteroatoms. The maximum atomic E-state index is 13.3. The van der Waals surface area contributed by atoms with Gasteiger partial charge in [0.2, 0.25) is 0 Å². The molecule has 0 spiro atoms. The molecule has 0 atom stereocenters. The van der Waals surface area contributed by atoms with Gasteiger partial charge in [-0.15, -0.1) is 0 Å². The molecule has 0 N–H and O–H groups in total. The van der Waals surface area contributed by atoms with E-state index in [1.165, 1.54) is 26.0 Å². The van der Waals surface area contributed by atoms with Crippen molar-refractivity contribution in [1.82, 2.24) is 0 Å². The van der Waals surface area contributed by atoms with Crippen LogP contribution in [-0.4, -0.2) is 20.2 Å². The molecule has 1 fully saturated rings. The summed E-state index contributed by atoms with van der Waals surface area (Å²) in [7, 11) is 1.50. The van der Waals surface area contributed by atoms with Gasteiger partial charge in [0.1, 0.15) is 0 Å². The lowest BCUT2D eigenvalue weighted by atomic mass is 9.99. The van der Waals surface area contributed by atoms with Crippen molar-refractivity contribution in [1.29, 1.82) is 0 Å². The summed E-state index contributed by atoms with van der Waals surface area (Å²) < 4.78 is 18.3. The molecule has 2 rings (SSSR count). The summed E-state index contributed by atoms with van der Waals surface area (Å²) >= 11 is 0. The van der Waals surface area contributed by atoms with E-state index in [4.69, 9.17) is 4.74 Å². The average molecular weight is 223 g/mol. The maximum Gasteiger partial charge on any atom is 0.165 e. The molecule has 1 heterocycles. The van der Waals surface area contributed by atoms with Crippen molar-refractivity contribution in [3.05, 3.63) is 24.0 Å². The number of anilines is 1. The van der Waals surface area contributed by atoms with E-state index in [-0.39, 0.29) is 5.82 Å². The van der Waals surface area contributed by atoms with Crippen LogP contribution in [0.15, 0.2) is 18.2 Å². The van der Waals surface area contributed by atoms with Gasteiger partial charge in [-0.2, -0.15) is 0 Å². The molecule has 1 aromatic rings. The van der Waals surface area contributed by atoms with Gasteiger partial charge in [0, 0.05) is 24.8 Å². The van der Waals surface area contributed by atoms with Gasteiger partial charge < -0.3 is 9.64 Å². The zero-order valence-electron chi connectivity index (χ0n) is 9.87. The van der Waals surface area contributed by atoms with E-state index in [0.29, 0.717) is 5.75 Å². The smallest absolute Gasteiger partial charge is 0.165 e. The van der Waals surface area contributed by atoms with Crippen LogP contribution in [0.5, 0.6) is 5.75 Å². The molecule has 2 nitrogen and oxygen atoms in total. The van der Waals surface area contributed by atoms with E-state index >= 15 is 0 Å². The molecular weight excluding hydrogens is 205 g/mol. The zero-order valence-corrected chi connectivity index (χ0v) is 9.87. The summed E-state index contributed by atoms with van der Waals surface area (Å²) in [5, 5.41) is 0. The van der Waals surface area contributed by atoms with Crippen LogP contribution in [0, 0.1) is 11.7 Å². The fourth-order valence-electron chi connectivity index (χ4n) is 2.11. The Hall–Kier alpha value is -1.25. The quantitative estimate of drug-likeness (QED) is 0.764. The van der Waals surface area contributed by atoms with Crippen LogP contribution in [0.25, 0.3) is 0 Å². The van der Waals surface area contributed by atoms with Crippen LogP contribution >= 0.6 is 0 Å². The second-order valence-electron chi connectivity index (χ2n) is 4.49. The van der Waals surface area contributed by atoms with Crippen LogP contribution in [0.2, 0.25) is 0 Å². The maximum absolute atomic E-state index is 13.3. The highest BCUT2D eigenvalue weighted by atomic mass is 19.1. The minimum atomic E-state index is -0.295. The van der Waals surface area contributed by atoms with Crippen molar-refractivity contribution >= 4 is 5.69 Å². The van der Waals surface area contributed by atoms with Crippen LogP contribution in [0.4, 0.5) is 10.1 Å². The Kier molecular flexibility index (Phi) is 3.32. The second-order valence-corrected chi connectivity index (χ2v) is 4.49. The van der Waals surface area contributed by atoms with E-state index < -0.39 is 0 Å². The minimum absolute atomic E-state index is 0.295. The van der Waals surface area contributed by atoms with Crippen molar-refractivity contribution < 1.29 is 9.13 Å². The van der Waals surface area contributed by atoms with Crippen LogP contribution in [0.1, 0.15) is 19.8 Å². The molecule has 1 aliphatic rings. The number of hydrogen-bond acceptors (Lipinski definition) is 2. The Labute approximate surface area is 96.0 Å². The van der Waals surface area contributed by atoms with E-state index in [2.05, 4.69) is 11.8 Å². The molecule has 0 unspecified atom stereocenters. The van der Waals surface area contributed by atoms with Crippen molar-refractivity contribution in [3.8, 4) is 5.75 Å². The summed E-state index contributed by atoms with van der Waals surface area (Å²) in [5.74, 6) is 0.839. The number of methoxy groups -OCH3 is 1. The first-order chi connectivity index (χ1) is 7.70. The van der Waals surface area contributed by atoms with Crippen LogP contribution in [-0.2, 0) is 0 Å². The molecule has 1 aromatic carbocycles. The monoisotopic (exact) mass is 223 g/mol. The predicted octanol–water partition coefficient (Wildman–Crippen LogP) is 3.07. The van der Waals surface area contributed by atoms with Crippen molar-refractivity contribution in [2.75, 3.05) is 25.1 Å². The van der Waals surface area contributed by atoms with Gasteiger partial charge in [-0.1, -0.05) is 6.92 Å². The summed E-state index contributed by atoms with van der Waals surface area (Å²) in [6.45, 7) is 4.38. The normalized spacial score (nSPS) is 17.6. The first-order valence-electron chi connectivity index (χ1n) is 5.79. The number of hydrogen-bond donors (Lipinski definition) is 0. The number of piperidine rings is 1. The van der Waals surface area contributed by atoms with Gasteiger partial charge in [-0.3, -0.25) is 0 Å².